The summed E-state index contributed by atoms with van der Waals surface area (Å²) in [7, 11) is 0. The molecule has 0 unspecified atom stereocenters. The molecule has 0 spiro atoms. The van der Waals surface area contributed by atoms with Crippen LogP contribution in [0.4, 0.5) is 13.2 Å². The third-order valence-electron chi connectivity index (χ3n) is 6.50. The molecule has 3 N–H and O–H groups in total. The number of hydrogen-bond acceptors (Lipinski definition) is 2. The number of ether oxygens (including phenoxy) is 1. The summed E-state index contributed by atoms with van der Waals surface area (Å²) in [5, 5.41) is 0.947. The summed E-state index contributed by atoms with van der Waals surface area (Å²) in [4.78, 5) is 15.1. The highest BCUT2D eigenvalue weighted by atomic mass is 19.4. The number of rotatable bonds is 5. The van der Waals surface area contributed by atoms with E-state index in [2.05, 4.69) is 4.98 Å². The zero-order valence-corrected chi connectivity index (χ0v) is 16.1. The van der Waals surface area contributed by atoms with Crippen LogP contribution in [0, 0.1) is 0 Å². The third kappa shape index (κ3) is 3.13. The van der Waals surface area contributed by atoms with Crippen molar-refractivity contribution in [3.8, 4) is 5.75 Å². The minimum Gasteiger partial charge on any atom is -0.490 e. The van der Waals surface area contributed by atoms with Crippen LogP contribution in [0.5, 0.6) is 5.75 Å². The molecule has 1 amide bonds. The van der Waals surface area contributed by atoms with E-state index in [1.54, 1.807) is 12.1 Å². The van der Waals surface area contributed by atoms with E-state index in [1.807, 2.05) is 24.4 Å². The Labute approximate surface area is 171 Å². The molecule has 0 radical (unpaired) electrons. The van der Waals surface area contributed by atoms with E-state index in [4.69, 9.17) is 10.5 Å². The largest absolute Gasteiger partial charge is 0.490 e. The summed E-state index contributed by atoms with van der Waals surface area (Å²) >= 11 is 0. The number of aromatic nitrogens is 1. The van der Waals surface area contributed by atoms with Crippen molar-refractivity contribution in [1.29, 1.82) is 0 Å². The lowest BCUT2D eigenvalue weighted by Crippen LogP contribution is -2.32. The monoisotopic (exact) mass is 414 g/mol. The van der Waals surface area contributed by atoms with Gasteiger partial charge in [-0.2, -0.15) is 13.2 Å². The molecule has 2 aliphatic rings. The summed E-state index contributed by atoms with van der Waals surface area (Å²) in [6.07, 6.45) is 0.602. The average Bonchev–Trinajstić information content (AvgIpc) is 3.38. The van der Waals surface area contributed by atoms with Crippen molar-refractivity contribution in [2.24, 2.45) is 5.73 Å². The fraction of sp³-hybridized carbons (Fsp3) is 0.348. The van der Waals surface area contributed by atoms with Gasteiger partial charge < -0.3 is 15.5 Å². The Morgan fingerprint density at radius 1 is 1.10 bits per heavy atom. The van der Waals surface area contributed by atoms with Gasteiger partial charge in [0.2, 0.25) is 5.91 Å². The van der Waals surface area contributed by atoms with Crippen molar-refractivity contribution < 1.29 is 22.7 Å². The molecule has 2 saturated carbocycles. The van der Waals surface area contributed by atoms with Crippen molar-refractivity contribution in [3.05, 3.63) is 65.4 Å². The molecule has 5 rings (SSSR count). The molecule has 156 valence electrons. The van der Waals surface area contributed by atoms with Crippen molar-refractivity contribution in [2.45, 2.75) is 49.3 Å². The Balaban J connectivity index is 1.27. The molecule has 1 heterocycles. The molecule has 7 heteroatoms. The van der Waals surface area contributed by atoms with Gasteiger partial charge in [-0.15, -0.1) is 0 Å². The Hall–Kier alpha value is -2.96. The van der Waals surface area contributed by atoms with E-state index in [0.717, 1.165) is 65.6 Å². The fourth-order valence-corrected chi connectivity index (χ4v) is 4.41. The molecule has 0 aliphatic heterocycles. The molecule has 2 aromatic carbocycles. The Morgan fingerprint density at radius 2 is 1.80 bits per heavy atom. The average molecular weight is 414 g/mol. The lowest BCUT2D eigenvalue weighted by molar-refractivity contribution is -0.137. The van der Waals surface area contributed by atoms with Gasteiger partial charge in [0.25, 0.3) is 0 Å². The van der Waals surface area contributed by atoms with Crippen molar-refractivity contribution >= 4 is 16.8 Å². The first-order valence-corrected chi connectivity index (χ1v) is 10.0. The van der Waals surface area contributed by atoms with E-state index in [0.29, 0.717) is 0 Å². The standard InChI is InChI=1S/C23H21F3N2O2/c24-23(25,26)15-3-1-13(2-4-15)14-9-17(10-14)30-16-5-6-20-18(11-16)19(12-28-20)22(7-8-22)21(27)29/h1-6,11-12,14,17,28H,7-10H2,(H2,27,29). The van der Waals surface area contributed by atoms with Crippen LogP contribution in [0.1, 0.15) is 48.3 Å². The number of carbonyl (C=O) groups is 1. The van der Waals surface area contributed by atoms with E-state index in [-0.39, 0.29) is 17.9 Å². The first-order valence-electron chi connectivity index (χ1n) is 10.0. The van der Waals surface area contributed by atoms with Crippen LogP contribution in [-0.4, -0.2) is 17.0 Å². The molecule has 0 bridgehead atoms. The topological polar surface area (TPSA) is 68.1 Å². The third-order valence-corrected chi connectivity index (χ3v) is 6.50. The molecule has 2 aliphatic carbocycles. The summed E-state index contributed by atoms with van der Waals surface area (Å²) < 4.78 is 44.2. The highest BCUT2D eigenvalue weighted by Crippen LogP contribution is 2.50. The smallest absolute Gasteiger partial charge is 0.416 e. The lowest BCUT2D eigenvalue weighted by Gasteiger charge is -2.36. The quantitative estimate of drug-likeness (QED) is 0.615. The van der Waals surface area contributed by atoms with Gasteiger partial charge in [0.05, 0.1) is 17.1 Å². The number of benzene rings is 2. The first kappa shape index (κ1) is 19.0. The number of fused-ring (bicyclic) bond motifs is 1. The van der Waals surface area contributed by atoms with E-state index < -0.39 is 17.2 Å². The number of carbonyl (C=O) groups excluding carboxylic acids is 1. The molecule has 30 heavy (non-hydrogen) atoms. The van der Waals surface area contributed by atoms with Gasteiger partial charge in [0, 0.05) is 17.1 Å². The number of alkyl halides is 3. The maximum atomic E-state index is 12.7. The van der Waals surface area contributed by atoms with Crippen molar-refractivity contribution in [1.82, 2.24) is 4.98 Å². The molecule has 0 atom stereocenters. The fourth-order valence-electron chi connectivity index (χ4n) is 4.41. The van der Waals surface area contributed by atoms with Gasteiger partial charge >= 0.3 is 6.18 Å². The molecular weight excluding hydrogens is 393 g/mol. The highest BCUT2D eigenvalue weighted by molar-refractivity contribution is 5.97. The molecule has 1 aromatic heterocycles. The van der Waals surface area contributed by atoms with Crippen LogP contribution >= 0.6 is 0 Å². The zero-order chi connectivity index (χ0) is 21.1. The minimum absolute atomic E-state index is 0.0168. The van der Waals surface area contributed by atoms with E-state index >= 15 is 0 Å². The zero-order valence-electron chi connectivity index (χ0n) is 16.1. The van der Waals surface area contributed by atoms with Crippen LogP contribution in [0.25, 0.3) is 10.9 Å². The number of nitrogens with one attached hydrogen (secondary N) is 1. The van der Waals surface area contributed by atoms with Crippen LogP contribution in [0.2, 0.25) is 0 Å². The minimum atomic E-state index is -4.31. The van der Waals surface area contributed by atoms with Crippen LogP contribution < -0.4 is 10.5 Å². The normalized spacial score (nSPS) is 22.5. The predicted octanol–water partition coefficient (Wildman–Crippen LogP) is 5.03. The number of amides is 1. The number of primary amides is 1. The number of aromatic amines is 1. The second-order valence-corrected chi connectivity index (χ2v) is 8.38. The van der Waals surface area contributed by atoms with Crippen molar-refractivity contribution in [2.75, 3.05) is 0 Å². The molecule has 4 nitrogen and oxygen atoms in total. The Morgan fingerprint density at radius 3 is 2.40 bits per heavy atom. The summed E-state index contributed by atoms with van der Waals surface area (Å²) in [5.74, 6) is 0.626. The van der Waals surface area contributed by atoms with Gasteiger partial charge in [-0.05, 0) is 73.1 Å². The first-order chi connectivity index (χ1) is 14.3. The highest BCUT2D eigenvalue weighted by Gasteiger charge is 2.51. The maximum Gasteiger partial charge on any atom is 0.416 e. The number of H-pyrrole nitrogens is 1. The second-order valence-electron chi connectivity index (χ2n) is 8.38. The van der Waals surface area contributed by atoms with Crippen LogP contribution in [-0.2, 0) is 16.4 Å². The second kappa shape index (κ2) is 6.52. The number of nitrogens with two attached hydrogens (primary N) is 1. The number of halogens is 3. The van der Waals surface area contributed by atoms with E-state index in [9.17, 15) is 18.0 Å². The Kier molecular flexibility index (Phi) is 4.14. The number of hydrogen-bond donors (Lipinski definition) is 2. The van der Waals surface area contributed by atoms with Gasteiger partial charge in [0.1, 0.15) is 5.75 Å². The molecular formula is C23H21F3N2O2. The van der Waals surface area contributed by atoms with Crippen LogP contribution in [0.3, 0.4) is 0 Å². The molecule has 3 aromatic rings. The SMILES string of the molecule is NC(=O)C1(c2c[nH]c3ccc(OC4CC(c5ccc(C(F)(F)F)cc5)C4)cc23)CC1. The maximum absolute atomic E-state index is 12.7. The summed E-state index contributed by atoms with van der Waals surface area (Å²) in [6, 6.07) is 11.1. The summed E-state index contributed by atoms with van der Waals surface area (Å²) in [5.41, 5.74) is 7.19. The Bertz CT molecular complexity index is 1110. The molecule has 2 fully saturated rings. The van der Waals surface area contributed by atoms with Gasteiger partial charge in [-0.25, -0.2) is 0 Å². The van der Waals surface area contributed by atoms with Gasteiger partial charge in [-0.1, -0.05) is 12.1 Å². The predicted molar refractivity (Wildman–Crippen MR) is 106 cm³/mol. The van der Waals surface area contributed by atoms with Crippen molar-refractivity contribution in [3.63, 3.8) is 0 Å². The van der Waals surface area contributed by atoms with Gasteiger partial charge in [-0.3, -0.25) is 4.79 Å². The molecule has 0 saturated heterocycles. The van der Waals surface area contributed by atoms with Gasteiger partial charge in [0.15, 0.2) is 0 Å². The summed E-state index contributed by atoms with van der Waals surface area (Å²) in [6.45, 7) is 0. The van der Waals surface area contributed by atoms with Crippen LogP contribution in [0.15, 0.2) is 48.7 Å². The van der Waals surface area contributed by atoms with E-state index in [1.165, 1.54) is 0 Å². The lowest BCUT2D eigenvalue weighted by atomic mass is 9.77.